The molecule has 0 heterocycles. The van der Waals surface area contributed by atoms with E-state index in [2.05, 4.69) is 53.3 Å². The second kappa shape index (κ2) is 10.4. The molecule has 0 bridgehead atoms. The van der Waals surface area contributed by atoms with Crippen molar-refractivity contribution in [1.29, 1.82) is 0 Å². The maximum atomic E-state index is 12.1. The minimum absolute atomic E-state index is 0.121. The highest BCUT2D eigenvalue weighted by atomic mass is 16.6. The van der Waals surface area contributed by atoms with Gasteiger partial charge in [-0.3, -0.25) is 4.79 Å². The van der Waals surface area contributed by atoms with Crippen LogP contribution >= 0.6 is 0 Å². The van der Waals surface area contributed by atoms with E-state index in [0.29, 0.717) is 12.3 Å². The molecule has 0 aromatic rings. The Kier molecular flexibility index (Phi) is 9.80. The van der Waals surface area contributed by atoms with Crippen molar-refractivity contribution in [3.63, 3.8) is 0 Å². The quantitative estimate of drug-likeness (QED) is 0.366. The molecule has 2 atom stereocenters. The number of hydrogen-bond acceptors (Lipinski definition) is 2. The smallest absolute Gasteiger partial charge is 0.306 e. The maximum Gasteiger partial charge on any atom is 0.306 e. The van der Waals surface area contributed by atoms with Gasteiger partial charge in [0.25, 0.3) is 0 Å². The molecule has 0 saturated carbocycles. The van der Waals surface area contributed by atoms with E-state index in [1.54, 1.807) is 6.08 Å². The van der Waals surface area contributed by atoms with Crippen LogP contribution in [0.5, 0.6) is 0 Å². The van der Waals surface area contributed by atoms with Gasteiger partial charge in [0, 0.05) is 6.42 Å². The van der Waals surface area contributed by atoms with Crippen LogP contribution in [0.2, 0.25) is 0 Å². The molecule has 0 aliphatic carbocycles. The van der Waals surface area contributed by atoms with Gasteiger partial charge in [0.15, 0.2) is 0 Å². The summed E-state index contributed by atoms with van der Waals surface area (Å²) < 4.78 is 5.67. The van der Waals surface area contributed by atoms with Gasteiger partial charge in [-0.15, -0.1) is 0 Å². The summed E-state index contributed by atoms with van der Waals surface area (Å²) in [4.78, 5) is 12.1. The molecule has 0 N–H and O–H groups in total. The van der Waals surface area contributed by atoms with Gasteiger partial charge in [0.2, 0.25) is 0 Å². The highest BCUT2D eigenvalue weighted by Gasteiger charge is 2.25. The first kappa shape index (κ1) is 20.7. The zero-order valence-corrected chi connectivity index (χ0v) is 15.4. The fourth-order valence-electron chi connectivity index (χ4n) is 2.19. The van der Waals surface area contributed by atoms with Crippen molar-refractivity contribution < 1.29 is 9.53 Å². The van der Waals surface area contributed by atoms with Crippen LogP contribution in [0.15, 0.2) is 36.0 Å². The summed E-state index contributed by atoms with van der Waals surface area (Å²) >= 11 is 0. The summed E-state index contributed by atoms with van der Waals surface area (Å²) in [6, 6.07) is 0. The van der Waals surface area contributed by atoms with E-state index < -0.39 is 5.60 Å². The molecule has 2 unspecified atom stereocenters. The van der Waals surface area contributed by atoms with Crippen LogP contribution in [-0.4, -0.2) is 11.6 Å². The molecule has 0 aromatic heterocycles. The van der Waals surface area contributed by atoms with Gasteiger partial charge in [-0.05, 0) is 72.3 Å². The van der Waals surface area contributed by atoms with E-state index in [1.807, 2.05) is 6.92 Å². The molecule has 2 nitrogen and oxygen atoms in total. The molecular weight excluding hydrogens is 272 g/mol. The molecule has 126 valence electrons. The molecule has 0 aliphatic heterocycles. The Morgan fingerprint density at radius 1 is 1.14 bits per heavy atom. The average molecular weight is 306 g/mol. The Bertz CT molecular complexity index is 409. The third kappa shape index (κ3) is 10.4. The van der Waals surface area contributed by atoms with Crippen molar-refractivity contribution in [3.8, 4) is 0 Å². The Morgan fingerprint density at radius 2 is 1.68 bits per heavy atom. The van der Waals surface area contributed by atoms with Crippen LogP contribution in [0, 0.1) is 5.92 Å². The normalized spacial score (nSPS) is 14.5. The third-order valence-electron chi connectivity index (χ3n) is 3.70. The molecule has 0 amide bonds. The number of hydrogen-bond donors (Lipinski definition) is 0. The minimum Gasteiger partial charge on any atom is -0.455 e. The van der Waals surface area contributed by atoms with Gasteiger partial charge in [-0.1, -0.05) is 36.8 Å². The molecule has 0 radical (unpaired) electrons. The number of carbonyl (C=O) groups excluding carboxylic acids is 1. The van der Waals surface area contributed by atoms with Gasteiger partial charge in [0.05, 0.1) is 0 Å². The zero-order chi connectivity index (χ0) is 17.2. The van der Waals surface area contributed by atoms with Crippen LogP contribution in [0.3, 0.4) is 0 Å². The zero-order valence-electron chi connectivity index (χ0n) is 15.4. The standard InChI is InChI=1S/C20H34O2/c1-8-20(7,14-10-12-17(4)5)22-19(21)15-18(6)13-9-11-16(2)3/h8,11-12,18H,1,9-10,13-15H2,2-7H3. The number of esters is 1. The maximum absolute atomic E-state index is 12.1. The molecule has 0 spiro atoms. The summed E-state index contributed by atoms with van der Waals surface area (Å²) in [7, 11) is 0. The van der Waals surface area contributed by atoms with Crippen LogP contribution < -0.4 is 0 Å². The lowest BCUT2D eigenvalue weighted by Crippen LogP contribution is -2.29. The monoisotopic (exact) mass is 306 g/mol. The first-order valence-corrected chi connectivity index (χ1v) is 8.30. The van der Waals surface area contributed by atoms with E-state index in [-0.39, 0.29) is 5.97 Å². The third-order valence-corrected chi connectivity index (χ3v) is 3.70. The van der Waals surface area contributed by atoms with E-state index in [4.69, 9.17) is 4.74 Å². The summed E-state index contributed by atoms with van der Waals surface area (Å²) in [5.74, 6) is 0.222. The summed E-state index contributed by atoms with van der Waals surface area (Å²) in [5.41, 5.74) is 2.04. The fourth-order valence-corrected chi connectivity index (χ4v) is 2.19. The van der Waals surface area contributed by atoms with Crippen LogP contribution in [-0.2, 0) is 9.53 Å². The summed E-state index contributed by atoms with van der Waals surface area (Å²) in [5, 5.41) is 0. The van der Waals surface area contributed by atoms with Crippen molar-refractivity contribution in [2.45, 2.75) is 79.2 Å². The largest absolute Gasteiger partial charge is 0.455 e. The van der Waals surface area contributed by atoms with Crippen LogP contribution in [0.1, 0.15) is 73.6 Å². The van der Waals surface area contributed by atoms with Gasteiger partial charge in [-0.25, -0.2) is 0 Å². The number of carbonyl (C=O) groups is 1. The summed E-state index contributed by atoms with van der Waals surface area (Å²) in [6.07, 6.45) is 10.3. The van der Waals surface area contributed by atoms with E-state index in [9.17, 15) is 4.79 Å². The highest BCUT2D eigenvalue weighted by Crippen LogP contribution is 2.22. The second-order valence-corrected chi connectivity index (χ2v) is 6.98. The topological polar surface area (TPSA) is 26.3 Å². The van der Waals surface area contributed by atoms with Gasteiger partial charge in [0.1, 0.15) is 5.60 Å². The van der Waals surface area contributed by atoms with E-state index in [0.717, 1.165) is 25.7 Å². The molecule has 22 heavy (non-hydrogen) atoms. The number of rotatable bonds is 10. The SMILES string of the molecule is C=CC(C)(CCC=C(C)C)OC(=O)CC(C)CCC=C(C)C. The first-order valence-electron chi connectivity index (χ1n) is 8.30. The molecule has 0 aliphatic rings. The van der Waals surface area contributed by atoms with Gasteiger partial charge >= 0.3 is 5.97 Å². The van der Waals surface area contributed by atoms with Crippen molar-refractivity contribution in [1.82, 2.24) is 0 Å². The lowest BCUT2D eigenvalue weighted by atomic mass is 9.98. The Balaban J connectivity index is 4.32. The molecule has 0 fully saturated rings. The van der Waals surface area contributed by atoms with E-state index in [1.165, 1.54) is 11.1 Å². The predicted octanol–water partition coefficient (Wildman–Crippen LogP) is 5.99. The molecule has 0 aromatic carbocycles. The van der Waals surface area contributed by atoms with Crippen molar-refractivity contribution in [2.24, 2.45) is 5.92 Å². The number of allylic oxidation sites excluding steroid dienone is 4. The second-order valence-electron chi connectivity index (χ2n) is 6.98. The fraction of sp³-hybridized carbons (Fsp3) is 0.650. The Labute approximate surface area is 137 Å². The predicted molar refractivity (Wildman–Crippen MR) is 95.8 cm³/mol. The lowest BCUT2D eigenvalue weighted by molar-refractivity contribution is -0.155. The lowest BCUT2D eigenvalue weighted by Gasteiger charge is -2.26. The van der Waals surface area contributed by atoms with Crippen LogP contribution in [0.25, 0.3) is 0 Å². The highest BCUT2D eigenvalue weighted by molar-refractivity contribution is 5.70. The first-order chi connectivity index (χ1) is 10.2. The molecule has 0 rings (SSSR count). The van der Waals surface area contributed by atoms with Crippen molar-refractivity contribution in [3.05, 3.63) is 36.0 Å². The molecule has 0 saturated heterocycles. The van der Waals surface area contributed by atoms with Crippen molar-refractivity contribution in [2.75, 3.05) is 0 Å². The Hall–Kier alpha value is -1.31. The summed E-state index contributed by atoms with van der Waals surface area (Å²) in [6.45, 7) is 16.2. The van der Waals surface area contributed by atoms with Gasteiger partial charge < -0.3 is 4.74 Å². The Morgan fingerprint density at radius 3 is 2.18 bits per heavy atom. The van der Waals surface area contributed by atoms with E-state index >= 15 is 0 Å². The van der Waals surface area contributed by atoms with Gasteiger partial charge in [-0.2, -0.15) is 0 Å². The average Bonchev–Trinajstić information content (AvgIpc) is 2.37. The number of ether oxygens (including phenoxy) is 1. The molecule has 2 heteroatoms. The molecular formula is C20H34O2. The van der Waals surface area contributed by atoms with Crippen molar-refractivity contribution >= 4 is 5.97 Å². The van der Waals surface area contributed by atoms with Crippen LogP contribution in [0.4, 0.5) is 0 Å². The minimum atomic E-state index is -0.567.